The van der Waals surface area contributed by atoms with Crippen molar-refractivity contribution in [1.29, 1.82) is 0 Å². The summed E-state index contributed by atoms with van der Waals surface area (Å²) in [6, 6.07) is 7.82. The lowest BCUT2D eigenvalue weighted by Gasteiger charge is -2.21. The van der Waals surface area contributed by atoms with Gasteiger partial charge in [-0.1, -0.05) is 23.5 Å². The number of para-hydroxylation sites is 1. The van der Waals surface area contributed by atoms with Gasteiger partial charge in [0.1, 0.15) is 0 Å². The van der Waals surface area contributed by atoms with Gasteiger partial charge in [-0.05, 0) is 26.1 Å². The van der Waals surface area contributed by atoms with Crippen molar-refractivity contribution in [2.24, 2.45) is 0 Å². The van der Waals surface area contributed by atoms with Crippen LogP contribution in [0.25, 0.3) is 10.2 Å². The van der Waals surface area contributed by atoms with Crippen molar-refractivity contribution >= 4 is 38.5 Å². The van der Waals surface area contributed by atoms with E-state index in [2.05, 4.69) is 10.3 Å². The molecule has 118 valence electrons. The fourth-order valence-electron chi connectivity index (χ4n) is 2.09. The molecule has 2 aromatic rings. The number of nitrogens with zero attached hydrogens (tertiary/aromatic N) is 3. The highest BCUT2D eigenvalue weighted by atomic mass is 32.1. The normalized spacial score (nSPS) is 10.9. The maximum atomic E-state index is 12.5. The van der Waals surface area contributed by atoms with E-state index in [-0.39, 0.29) is 24.9 Å². The molecule has 0 spiro atoms. The molecule has 1 heterocycles. The summed E-state index contributed by atoms with van der Waals surface area (Å²) in [4.78, 5) is 31.7. The molecule has 1 aromatic heterocycles. The molecule has 0 aliphatic rings. The van der Waals surface area contributed by atoms with E-state index < -0.39 is 0 Å². The minimum absolute atomic E-state index is 0.0621. The van der Waals surface area contributed by atoms with Crippen LogP contribution in [0.1, 0.15) is 6.92 Å². The van der Waals surface area contributed by atoms with E-state index in [1.54, 1.807) is 23.9 Å². The highest BCUT2D eigenvalue weighted by molar-refractivity contribution is 7.22. The van der Waals surface area contributed by atoms with Gasteiger partial charge >= 0.3 is 0 Å². The van der Waals surface area contributed by atoms with Crippen LogP contribution in [-0.2, 0) is 9.59 Å². The van der Waals surface area contributed by atoms with E-state index in [1.165, 1.54) is 11.3 Å². The van der Waals surface area contributed by atoms with E-state index in [0.717, 1.165) is 10.2 Å². The van der Waals surface area contributed by atoms with Crippen LogP contribution in [-0.4, -0.2) is 55.4 Å². The van der Waals surface area contributed by atoms with Crippen LogP contribution in [0.4, 0.5) is 5.13 Å². The van der Waals surface area contributed by atoms with Crippen molar-refractivity contribution in [3.05, 3.63) is 24.3 Å². The van der Waals surface area contributed by atoms with Gasteiger partial charge in [0.25, 0.3) is 0 Å². The van der Waals surface area contributed by atoms with E-state index in [0.29, 0.717) is 11.7 Å². The van der Waals surface area contributed by atoms with Gasteiger partial charge in [-0.25, -0.2) is 4.98 Å². The van der Waals surface area contributed by atoms with E-state index >= 15 is 0 Å². The third-order valence-electron chi connectivity index (χ3n) is 3.23. The van der Waals surface area contributed by atoms with E-state index in [9.17, 15) is 9.59 Å². The zero-order valence-electron chi connectivity index (χ0n) is 13.0. The van der Waals surface area contributed by atoms with Crippen LogP contribution in [0.2, 0.25) is 0 Å². The number of benzene rings is 1. The molecule has 2 rings (SSSR count). The zero-order chi connectivity index (χ0) is 16.1. The van der Waals surface area contributed by atoms with Crippen molar-refractivity contribution < 1.29 is 9.59 Å². The standard InChI is InChI=1S/C15H20N4O2S/c1-4-19(14(21)10-18(3)9-13(20)16-2)15-17-11-7-5-6-8-12(11)22-15/h5-8H,4,9-10H2,1-3H3,(H,16,20). The molecule has 0 saturated heterocycles. The highest BCUT2D eigenvalue weighted by Gasteiger charge is 2.20. The summed E-state index contributed by atoms with van der Waals surface area (Å²) >= 11 is 1.50. The summed E-state index contributed by atoms with van der Waals surface area (Å²) in [5, 5.41) is 3.24. The quantitative estimate of drug-likeness (QED) is 0.872. The Hall–Kier alpha value is -1.99. The Labute approximate surface area is 133 Å². The number of likely N-dealkylation sites (N-methyl/N-ethyl adjacent to an activating group) is 3. The first-order valence-corrected chi connectivity index (χ1v) is 7.91. The van der Waals surface area contributed by atoms with Crippen LogP contribution >= 0.6 is 11.3 Å². The second-order valence-corrected chi connectivity index (χ2v) is 5.96. The molecule has 0 saturated carbocycles. The molecular formula is C15H20N4O2S. The van der Waals surface area contributed by atoms with Crippen LogP contribution in [0, 0.1) is 0 Å². The summed E-state index contributed by atoms with van der Waals surface area (Å²) in [6.07, 6.45) is 0. The molecule has 0 atom stereocenters. The zero-order valence-corrected chi connectivity index (χ0v) is 13.8. The number of rotatable bonds is 6. The van der Waals surface area contributed by atoms with Crippen molar-refractivity contribution in [3.63, 3.8) is 0 Å². The van der Waals surface area contributed by atoms with Gasteiger partial charge in [0.15, 0.2) is 5.13 Å². The lowest BCUT2D eigenvalue weighted by atomic mass is 10.3. The molecule has 0 aliphatic carbocycles. The first kappa shape index (κ1) is 16.4. The molecule has 0 aliphatic heterocycles. The lowest BCUT2D eigenvalue weighted by molar-refractivity contribution is -0.123. The summed E-state index contributed by atoms with van der Waals surface area (Å²) in [7, 11) is 3.33. The first-order chi connectivity index (χ1) is 10.5. The summed E-state index contributed by atoms with van der Waals surface area (Å²) in [6.45, 7) is 2.84. The number of anilines is 1. The lowest BCUT2D eigenvalue weighted by Crippen LogP contribution is -2.42. The average molecular weight is 320 g/mol. The van der Waals surface area contributed by atoms with Gasteiger partial charge in [-0.15, -0.1) is 0 Å². The summed E-state index contributed by atoms with van der Waals surface area (Å²) in [5.74, 6) is -0.175. The summed E-state index contributed by atoms with van der Waals surface area (Å²) in [5.41, 5.74) is 0.896. The SMILES string of the molecule is CCN(C(=O)CN(C)CC(=O)NC)c1nc2ccccc2s1. The van der Waals surface area contributed by atoms with E-state index in [4.69, 9.17) is 0 Å². The number of aromatic nitrogens is 1. The molecule has 0 unspecified atom stereocenters. The number of carbonyl (C=O) groups excluding carboxylic acids is 2. The van der Waals surface area contributed by atoms with Crippen LogP contribution in [0.3, 0.4) is 0 Å². The molecule has 7 heteroatoms. The highest BCUT2D eigenvalue weighted by Crippen LogP contribution is 2.28. The predicted molar refractivity (Wildman–Crippen MR) is 89.2 cm³/mol. The second kappa shape index (κ2) is 7.33. The van der Waals surface area contributed by atoms with Gasteiger partial charge in [0.05, 0.1) is 23.3 Å². The number of amides is 2. The Bertz CT molecular complexity index is 637. The Balaban J connectivity index is 2.10. The topological polar surface area (TPSA) is 65.5 Å². The average Bonchev–Trinajstić information content (AvgIpc) is 2.90. The van der Waals surface area contributed by atoms with Crippen molar-refractivity contribution in [2.75, 3.05) is 38.6 Å². The molecule has 1 N–H and O–H groups in total. The monoisotopic (exact) mass is 320 g/mol. The number of hydrogen-bond acceptors (Lipinski definition) is 5. The van der Waals surface area contributed by atoms with Crippen LogP contribution in [0.15, 0.2) is 24.3 Å². The number of hydrogen-bond donors (Lipinski definition) is 1. The number of fused-ring (bicyclic) bond motifs is 1. The van der Waals surface area contributed by atoms with Crippen molar-refractivity contribution in [1.82, 2.24) is 15.2 Å². The molecule has 2 amide bonds. The Morgan fingerprint density at radius 3 is 2.64 bits per heavy atom. The van der Waals surface area contributed by atoms with E-state index in [1.807, 2.05) is 31.2 Å². The number of thiazole rings is 1. The smallest absolute Gasteiger partial charge is 0.242 e. The third kappa shape index (κ3) is 3.80. The molecule has 1 aromatic carbocycles. The molecule has 0 radical (unpaired) electrons. The maximum absolute atomic E-state index is 12.5. The van der Waals surface area contributed by atoms with Gasteiger partial charge in [-0.2, -0.15) is 0 Å². The fraction of sp³-hybridized carbons (Fsp3) is 0.400. The van der Waals surface area contributed by atoms with Crippen molar-refractivity contribution in [3.8, 4) is 0 Å². The van der Waals surface area contributed by atoms with Gasteiger partial charge in [0.2, 0.25) is 11.8 Å². The maximum Gasteiger partial charge on any atom is 0.242 e. The minimum Gasteiger partial charge on any atom is -0.358 e. The second-order valence-electron chi connectivity index (χ2n) is 4.95. The predicted octanol–water partition coefficient (Wildman–Crippen LogP) is 1.33. The molecule has 22 heavy (non-hydrogen) atoms. The van der Waals surface area contributed by atoms with Gasteiger partial charge in [0, 0.05) is 13.6 Å². The molecule has 0 fully saturated rings. The minimum atomic E-state index is -0.113. The largest absolute Gasteiger partial charge is 0.358 e. The summed E-state index contributed by atoms with van der Waals surface area (Å²) < 4.78 is 1.06. The van der Waals surface area contributed by atoms with Crippen LogP contribution < -0.4 is 10.2 Å². The van der Waals surface area contributed by atoms with Crippen molar-refractivity contribution in [2.45, 2.75) is 6.92 Å². The molecule has 6 nitrogen and oxygen atoms in total. The first-order valence-electron chi connectivity index (χ1n) is 7.10. The number of carbonyl (C=O) groups is 2. The molecule has 0 bridgehead atoms. The Morgan fingerprint density at radius 1 is 1.27 bits per heavy atom. The van der Waals surface area contributed by atoms with Crippen LogP contribution in [0.5, 0.6) is 0 Å². The Kier molecular flexibility index (Phi) is 5.46. The Morgan fingerprint density at radius 2 is 2.00 bits per heavy atom. The third-order valence-corrected chi connectivity index (χ3v) is 4.29. The van der Waals surface area contributed by atoms with Gasteiger partial charge in [-0.3, -0.25) is 19.4 Å². The fourth-order valence-corrected chi connectivity index (χ4v) is 3.14. The van der Waals surface area contributed by atoms with Gasteiger partial charge < -0.3 is 5.32 Å². The number of nitrogens with one attached hydrogen (secondary N) is 1. The molecular weight excluding hydrogens is 300 g/mol.